The number of carboxylic acid groups (broad SMARTS) is 1. The lowest BCUT2D eigenvalue weighted by molar-refractivity contribution is -0.137. The van der Waals surface area contributed by atoms with Crippen molar-refractivity contribution in [3.63, 3.8) is 0 Å². The summed E-state index contributed by atoms with van der Waals surface area (Å²) in [6.45, 7) is 3.57. The number of carbonyl (C=O) groups is 1. The third-order valence-electron chi connectivity index (χ3n) is 6.03. The third-order valence-corrected chi connectivity index (χ3v) is 6.03. The minimum atomic E-state index is -0.940. The molecule has 4 rings (SSSR count). The number of aliphatic carboxylic acids is 1. The minimum Gasteiger partial charge on any atom is -0.493 e. The molecule has 1 N–H and O–H groups in total. The number of rotatable bonds is 7. The highest BCUT2D eigenvalue weighted by Gasteiger charge is 2.30. The van der Waals surface area contributed by atoms with Crippen molar-refractivity contribution in [3.05, 3.63) is 59.5 Å². The summed E-state index contributed by atoms with van der Waals surface area (Å²) in [5.74, 6) is 7.66. The molecule has 0 amide bonds. The molecule has 3 aromatic rings. The molecule has 0 saturated heterocycles. The molecule has 176 valence electrons. The van der Waals surface area contributed by atoms with Gasteiger partial charge in [-0.15, -0.1) is 0 Å². The Kier molecular flexibility index (Phi) is 6.87. The Morgan fingerprint density at radius 1 is 1.21 bits per heavy atom. The van der Waals surface area contributed by atoms with Gasteiger partial charge >= 0.3 is 5.97 Å². The first-order valence-electron chi connectivity index (χ1n) is 11.4. The van der Waals surface area contributed by atoms with Crippen LogP contribution in [-0.2, 0) is 10.2 Å². The van der Waals surface area contributed by atoms with Gasteiger partial charge in [0, 0.05) is 18.1 Å². The van der Waals surface area contributed by atoms with Gasteiger partial charge in [-0.25, -0.2) is 0 Å². The zero-order valence-corrected chi connectivity index (χ0v) is 19.6. The molecule has 1 aliphatic rings. The van der Waals surface area contributed by atoms with Crippen LogP contribution in [0.3, 0.4) is 0 Å². The number of hydrogen-bond acceptors (Lipinski definition) is 6. The predicted molar refractivity (Wildman–Crippen MR) is 127 cm³/mol. The minimum absolute atomic E-state index is 0.150. The lowest BCUT2D eigenvalue weighted by Gasteiger charge is -2.24. The van der Waals surface area contributed by atoms with E-state index in [1.54, 1.807) is 14.0 Å². The number of carboxylic acids is 1. The predicted octanol–water partition coefficient (Wildman–Crippen LogP) is 5.16. The second-order valence-corrected chi connectivity index (χ2v) is 8.76. The van der Waals surface area contributed by atoms with Crippen LogP contribution >= 0.6 is 0 Å². The van der Waals surface area contributed by atoms with Crippen molar-refractivity contribution in [2.75, 3.05) is 7.11 Å². The molecule has 7 heteroatoms. The highest BCUT2D eigenvalue weighted by Crippen LogP contribution is 2.37. The van der Waals surface area contributed by atoms with Crippen LogP contribution in [0.5, 0.6) is 11.5 Å². The van der Waals surface area contributed by atoms with Crippen molar-refractivity contribution in [2.24, 2.45) is 0 Å². The zero-order valence-electron chi connectivity index (χ0n) is 19.6. The summed E-state index contributed by atoms with van der Waals surface area (Å²) < 4.78 is 16.8. The summed E-state index contributed by atoms with van der Waals surface area (Å²) in [6.07, 6.45) is 4.32. The molecular formula is C27H28N2O5. The molecule has 0 bridgehead atoms. The van der Waals surface area contributed by atoms with Crippen molar-refractivity contribution in [1.29, 1.82) is 0 Å². The quantitative estimate of drug-likeness (QED) is 0.487. The van der Waals surface area contributed by atoms with E-state index in [1.807, 2.05) is 49.4 Å². The van der Waals surface area contributed by atoms with Crippen LogP contribution in [0.1, 0.15) is 56.0 Å². The maximum absolute atomic E-state index is 11.8. The van der Waals surface area contributed by atoms with Crippen molar-refractivity contribution in [3.8, 4) is 34.7 Å². The summed E-state index contributed by atoms with van der Waals surface area (Å²) in [7, 11) is 1.60. The van der Waals surface area contributed by atoms with E-state index in [-0.39, 0.29) is 12.5 Å². The van der Waals surface area contributed by atoms with E-state index in [1.165, 1.54) is 0 Å². The smallest absolute Gasteiger partial charge is 0.305 e. The average Bonchev–Trinajstić information content (AvgIpc) is 3.49. The Hall–Kier alpha value is -3.79. The molecule has 1 saturated carbocycles. The summed E-state index contributed by atoms with van der Waals surface area (Å²) in [6, 6.07) is 13.0. The SMILES string of the molecule is COc1ccc(C(C)(C#Cc2cccc(-c3noc(C)n3)c2)CC(=O)O)cc1OC1CCCC1. The van der Waals surface area contributed by atoms with Crippen molar-refractivity contribution >= 4 is 5.97 Å². The first kappa shape index (κ1) is 23.4. The maximum atomic E-state index is 11.8. The molecule has 0 aliphatic heterocycles. The summed E-state index contributed by atoms with van der Waals surface area (Å²) >= 11 is 0. The number of aromatic nitrogens is 2. The molecular weight excluding hydrogens is 432 g/mol. The molecule has 7 nitrogen and oxygen atoms in total. The van der Waals surface area contributed by atoms with Crippen molar-refractivity contribution in [2.45, 2.75) is 57.5 Å². The lowest BCUT2D eigenvalue weighted by Crippen LogP contribution is -2.24. The van der Waals surface area contributed by atoms with E-state index in [9.17, 15) is 9.90 Å². The molecule has 0 spiro atoms. The fraction of sp³-hybridized carbons (Fsp3) is 0.370. The number of aryl methyl sites for hydroxylation is 1. The first-order valence-corrected chi connectivity index (χ1v) is 11.4. The van der Waals surface area contributed by atoms with Gasteiger partial charge in [-0.05, 0) is 62.4 Å². The van der Waals surface area contributed by atoms with Crippen LogP contribution in [0.2, 0.25) is 0 Å². The van der Waals surface area contributed by atoms with Gasteiger partial charge in [-0.1, -0.05) is 35.2 Å². The molecule has 1 fully saturated rings. The maximum Gasteiger partial charge on any atom is 0.305 e. The van der Waals surface area contributed by atoms with E-state index in [0.29, 0.717) is 23.2 Å². The molecule has 1 heterocycles. The largest absolute Gasteiger partial charge is 0.493 e. The molecule has 1 aliphatic carbocycles. The summed E-state index contributed by atoms with van der Waals surface area (Å²) in [5.41, 5.74) is 1.33. The van der Waals surface area contributed by atoms with Crippen molar-refractivity contribution in [1.82, 2.24) is 10.1 Å². The number of benzene rings is 2. The van der Waals surface area contributed by atoms with E-state index in [0.717, 1.165) is 42.4 Å². The van der Waals surface area contributed by atoms with Crippen molar-refractivity contribution < 1.29 is 23.9 Å². The van der Waals surface area contributed by atoms with Crippen LogP contribution in [0.25, 0.3) is 11.4 Å². The van der Waals surface area contributed by atoms with Gasteiger partial charge in [0.25, 0.3) is 0 Å². The van der Waals surface area contributed by atoms with Gasteiger partial charge in [0.15, 0.2) is 11.5 Å². The Morgan fingerprint density at radius 2 is 2.00 bits per heavy atom. The van der Waals surface area contributed by atoms with E-state index >= 15 is 0 Å². The molecule has 1 atom stereocenters. The number of nitrogens with zero attached hydrogens (tertiary/aromatic N) is 2. The van der Waals surface area contributed by atoms with E-state index in [4.69, 9.17) is 14.0 Å². The summed E-state index contributed by atoms with van der Waals surface area (Å²) in [4.78, 5) is 16.0. The zero-order chi connectivity index (χ0) is 24.1. The standard InChI is InChI=1S/C27H28N2O5/c1-18-28-26(29-34-18)20-8-6-7-19(15-20)13-14-27(2,17-25(30)31)21-11-12-23(32-3)24(16-21)33-22-9-4-5-10-22/h6-8,11-12,15-16,22H,4-5,9-10,17H2,1-3H3,(H,30,31). The van der Waals surface area contributed by atoms with Crippen LogP contribution in [0, 0.1) is 18.8 Å². The summed E-state index contributed by atoms with van der Waals surface area (Å²) in [5, 5.41) is 13.6. The van der Waals surface area contributed by atoms with Crippen LogP contribution in [0.4, 0.5) is 0 Å². The number of ether oxygens (including phenoxy) is 2. The van der Waals surface area contributed by atoms with Gasteiger partial charge in [0.1, 0.15) is 0 Å². The Balaban J connectivity index is 1.68. The van der Waals surface area contributed by atoms with E-state index in [2.05, 4.69) is 22.0 Å². The topological polar surface area (TPSA) is 94.7 Å². The second kappa shape index (κ2) is 10.0. The highest BCUT2D eigenvalue weighted by atomic mass is 16.5. The monoisotopic (exact) mass is 460 g/mol. The Bertz CT molecular complexity index is 1230. The molecule has 2 aromatic carbocycles. The third kappa shape index (κ3) is 5.40. The number of methoxy groups -OCH3 is 1. The highest BCUT2D eigenvalue weighted by molar-refractivity contribution is 5.71. The Morgan fingerprint density at radius 3 is 2.68 bits per heavy atom. The molecule has 0 radical (unpaired) electrons. The second-order valence-electron chi connectivity index (χ2n) is 8.76. The fourth-order valence-electron chi connectivity index (χ4n) is 4.18. The van der Waals surface area contributed by atoms with Gasteiger partial charge < -0.3 is 19.1 Å². The normalized spacial score (nSPS) is 15.3. The fourth-order valence-corrected chi connectivity index (χ4v) is 4.18. The average molecular weight is 461 g/mol. The Labute approximate surface area is 199 Å². The van der Waals surface area contributed by atoms with Crippen LogP contribution in [-0.4, -0.2) is 34.4 Å². The van der Waals surface area contributed by atoms with Gasteiger partial charge in [0.05, 0.1) is 25.0 Å². The van der Waals surface area contributed by atoms with Gasteiger partial charge in [-0.2, -0.15) is 4.98 Å². The number of hydrogen-bond donors (Lipinski definition) is 1. The molecule has 1 unspecified atom stereocenters. The molecule has 1 aromatic heterocycles. The molecule has 34 heavy (non-hydrogen) atoms. The first-order chi connectivity index (χ1) is 16.4. The lowest BCUT2D eigenvalue weighted by atomic mass is 9.79. The van der Waals surface area contributed by atoms with Gasteiger partial charge in [-0.3, -0.25) is 4.79 Å². The van der Waals surface area contributed by atoms with E-state index < -0.39 is 11.4 Å². The van der Waals surface area contributed by atoms with Crippen LogP contribution < -0.4 is 9.47 Å². The van der Waals surface area contributed by atoms with Gasteiger partial charge in [0.2, 0.25) is 11.7 Å². The van der Waals surface area contributed by atoms with Crippen LogP contribution in [0.15, 0.2) is 47.0 Å².